The Labute approximate surface area is 67.2 Å². The van der Waals surface area contributed by atoms with E-state index in [1.54, 1.807) is 0 Å². The summed E-state index contributed by atoms with van der Waals surface area (Å²) in [5.41, 5.74) is 0. The van der Waals surface area contributed by atoms with Gasteiger partial charge in [0.05, 0.1) is 12.6 Å². The van der Waals surface area contributed by atoms with Gasteiger partial charge in [0.2, 0.25) is 0 Å². The lowest BCUT2D eigenvalue weighted by Crippen LogP contribution is -2.19. The van der Waals surface area contributed by atoms with Gasteiger partial charge in [-0.05, 0) is 18.8 Å². The first-order valence-electron chi connectivity index (χ1n) is 4.20. The molecule has 1 saturated heterocycles. The first-order valence-corrected chi connectivity index (χ1v) is 4.20. The van der Waals surface area contributed by atoms with E-state index in [1.807, 2.05) is 4.90 Å². The molecule has 0 amide bonds. The van der Waals surface area contributed by atoms with Gasteiger partial charge in [0, 0.05) is 18.5 Å². The molecular weight excluding hydrogens is 138 g/mol. The molecule has 0 bridgehead atoms. The predicted octanol–water partition coefficient (Wildman–Crippen LogP) is 0.280. The highest BCUT2D eigenvalue weighted by molar-refractivity contribution is 4.99. The number of hydrogen-bond donors (Lipinski definition) is 1. The molecule has 60 valence electrons. The van der Waals surface area contributed by atoms with Crippen LogP contribution in [-0.2, 0) is 0 Å². The smallest absolute Gasteiger partial charge is 0.0770 e. The maximum Gasteiger partial charge on any atom is 0.0770 e. The van der Waals surface area contributed by atoms with E-state index in [1.165, 1.54) is 12.8 Å². The standard InChI is InChI=1S/C9H13NO/c1-2-10-5-8(7-3-4-7)9(11)6-10/h1,7-9,11H,3-6H2. The first-order chi connectivity index (χ1) is 5.31. The Bertz CT molecular complexity index is 192. The van der Waals surface area contributed by atoms with Gasteiger partial charge in [-0.3, -0.25) is 0 Å². The maximum absolute atomic E-state index is 9.56. The van der Waals surface area contributed by atoms with Crippen LogP contribution in [-0.4, -0.2) is 29.2 Å². The molecule has 2 heteroatoms. The van der Waals surface area contributed by atoms with Crippen molar-refractivity contribution in [3.63, 3.8) is 0 Å². The summed E-state index contributed by atoms with van der Waals surface area (Å²) in [4.78, 5) is 1.88. The van der Waals surface area contributed by atoms with Gasteiger partial charge in [0.15, 0.2) is 0 Å². The molecule has 0 aromatic rings. The largest absolute Gasteiger partial charge is 0.391 e. The molecule has 0 radical (unpaired) electrons. The third kappa shape index (κ3) is 1.21. The lowest BCUT2D eigenvalue weighted by molar-refractivity contribution is 0.134. The molecule has 2 unspecified atom stereocenters. The van der Waals surface area contributed by atoms with Crippen LogP contribution in [0.15, 0.2) is 0 Å². The van der Waals surface area contributed by atoms with Gasteiger partial charge in [-0.25, -0.2) is 0 Å². The third-order valence-corrected chi connectivity index (χ3v) is 2.74. The van der Waals surface area contributed by atoms with Crippen LogP contribution in [0.2, 0.25) is 0 Å². The molecule has 2 atom stereocenters. The topological polar surface area (TPSA) is 23.5 Å². The lowest BCUT2D eigenvalue weighted by Gasteiger charge is -2.09. The molecular formula is C9H13NO. The number of likely N-dealkylation sites (tertiary alicyclic amines) is 1. The van der Waals surface area contributed by atoms with Crippen LogP contribution in [0.3, 0.4) is 0 Å². The van der Waals surface area contributed by atoms with E-state index in [-0.39, 0.29) is 6.10 Å². The Morgan fingerprint density at radius 3 is 2.55 bits per heavy atom. The summed E-state index contributed by atoms with van der Waals surface area (Å²) in [6, 6.07) is 2.58. The quantitative estimate of drug-likeness (QED) is 0.544. The van der Waals surface area contributed by atoms with Gasteiger partial charge in [-0.2, -0.15) is 0 Å². The fourth-order valence-corrected chi connectivity index (χ4v) is 1.90. The highest BCUT2D eigenvalue weighted by atomic mass is 16.3. The number of terminal acetylenes is 1. The summed E-state index contributed by atoms with van der Waals surface area (Å²) in [5, 5.41) is 9.56. The lowest BCUT2D eigenvalue weighted by atomic mass is 10.0. The molecule has 1 saturated carbocycles. The molecule has 2 aliphatic rings. The zero-order chi connectivity index (χ0) is 7.84. The number of aliphatic hydroxyl groups is 1. The monoisotopic (exact) mass is 151 g/mol. The molecule has 11 heavy (non-hydrogen) atoms. The molecule has 2 fully saturated rings. The van der Waals surface area contributed by atoms with Gasteiger partial charge in [-0.15, -0.1) is 0 Å². The van der Waals surface area contributed by atoms with Gasteiger partial charge < -0.3 is 10.0 Å². The Balaban J connectivity index is 1.97. The number of rotatable bonds is 1. The second-order valence-corrected chi connectivity index (χ2v) is 3.60. The van der Waals surface area contributed by atoms with E-state index >= 15 is 0 Å². The van der Waals surface area contributed by atoms with Crippen molar-refractivity contribution in [2.75, 3.05) is 13.1 Å². The summed E-state index contributed by atoms with van der Waals surface area (Å²) in [5.74, 6) is 1.23. The van der Waals surface area contributed by atoms with Gasteiger partial charge in [0.25, 0.3) is 0 Å². The fourth-order valence-electron chi connectivity index (χ4n) is 1.90. The normalized spacial score (nSPS) is 37.3. The molecule has 2 nitrogen and oxygen atoms in total. The van der Waals surface area contributed by atoms with E-state index in [0.29, 0.717) is 12.5 Å². The second kappa shape index (κ2) is 2.42. The zero-order valence-corrected chi connectivity index (χ0v) is 6.53. The van der Waals surface area contributed by atoms with Crippen molar-refractivity contribution < 1.29 is 5.11 Å². The summed E-state index contributed by atoms with van der Waals surface area (Å²) in [6.45, 7) is 1.58. The molecule has 1 aliphatic heterocycles. The average molecular weight is 151 g/mol. The van der Waals surface area contributed by atoms with Crippen molar-refractivity contribution in [3.8, 4) is 12.5 Å². The molecule has 0 aromatic carbocycles. The summed E-state index contributed by atoms with van der Waals surface area (Å²) >= 11 is 0. The molecule has 1 N–H and O–H groups in total. The highest BCUT2D eigenvalue weighted by Crippen LogP contribution is 2.41. The number of aliphatic hydroxyl groups excluding tert-OH is 1. The number of β-amino-alcohol motifs (C(OH)–C–C–N with tert-alkyl or cyclic N) is 1. The zero-order valence-electron chi connectivity index (χ0n) is 6.53. The summed E-state index contributed by atoms with van der Waals surface area (Å²) in [7, 11) is 0. The number of nitrogens with zero attached hydrogens (tertiary/aromatic N) is 1. The van der Waals surface area contributed by atoms with Gasteiger partial charge in [0.1, 0.15) is 0 Å². The fraction of sp³-hybridized carbons (Fsp3) is 0.778. The molecule has 1 heterocycles. The Morgan fingerprint density at radius 2 is 2.09 bits per heavy atom. The van der Waals surface area contributed by atoms with Crippen molar-refractivity contribution in [3.05, 3.63) is 0 Å². The third-order valence-electron chi connectivity index (χ3n) is 2.74. The van der Waals surface area contributed by atoms with Crippen molar-refractivity contribution in [1.82, 2.24) is 4.90 Å². The molecule has 0 aromatic heterocycles. The van der Waals surface area contributed by atoms with Crippen LogP contribution in [0.5, 0.6) is 0 Å². The van der Waals surface area contributed by atoms with E-state index in [0.717, 1.165) is 12.5 Å². The second-order valence-electron chi connectivity index (χ2n) is 3.60. The first kappa shape index (κ1) is 7.00. The predicted molar refractivity (Wildman–Crippen MR) is 42.6 cm³/mol. The summed E-state index contributed by atoms with van der Waals surface area (Å²) < 4.78 is 0. The van der Waals surface area contributed by atoms with Crippen LogP contribution >= 0.6 is 0 Å². The minimum atomic E-state index is -0.168. The molecule has 0 spiro atoms. The van der Waals surface area contributed by atoms with E-state index in [2.05, 4.69) is 6.04 Å². The minimum absolute atomic E-state index is 0.168. The average Bonchev–Trinajstić information content (AvgIpc) is 2.76. The highest BCUT2D eigenvalue weighted by Gasteiger charge is 2.40. The van der Waals surface area contributed by atoms with Crippen molar-refractivity contribution in [1.29, 1.82) is 0 Å². The van der Waals surface area contributed by atoms with Crippen molar-refractivity contribution in [2.45, 2.75) is 18.9 Å². The van der Waals surface area contributed by atoms with E-state index < -0.39 is 0 Å². The van der Waals surface area contributed by atoms with E-state index in [9.17, 15) is 5.11 Å². The van der Waals surface area contributed by atoms with Crippen molar-refractivity contribution >= 4 is 0 Å². The minimum Gasteiger partial charge on any atom is -0.391 e. The number of hydrogen-bond acceptors (Lipinski definition) is 2. The van der Waals surface area contributed by atoms with Crippen molar-refractivity contribution in [2.24, 2.45) is 11.8 Å². The van der Waals surface area contributed by atoms with Crippen LogP contribution in [0.1, 0.15) is 12.8 Å². The van der Waals surface area contributed by atoms with Crippen LogP contribution in [0, 0.1) is 24.3 Å². The Kier molecular flexibility index (Phi) is 1.54. The van der Waals surface area contributed by atoms with Crippen LogP contribution in [0.4, 0.5) is 0 Å². The van der Waals surface area contributed by atoms with Crippen LogP contribution in [0.25, 0.3) is 0 Å². The molecule has 2 rings (SSSR count). The van der Waals surface area contributed by atoms with E-state index in [4.69, 9.17) is 6.42 Å². The van der Waals surface area contributed by atoms with Gasteiger partial charge >= 0.3 is 0 Å². The summed E-state index contributed by atoms with van der Waals surface area (Å²) in [6.07, 6.45) is 7.66. The maximum atomic E-state index is 9.56. The Morgan fingerprint density at radius 1 is 1.36 bits per heavy atom. The molecule has 1 aliphatic carbocycles. The van der Waals surface area contributed by atoms with Crippen LogP contribution < -0.4 is 0 Å². The van der Waals surface area contributed by atoms with Gasteiger partial charge in [-0.1, -0.05) is 6.42 Å². The Hall–Kier alpha value is -0.680. The SMILES string of the molecule is C#CN1CC(O)C(C2CC2)C1.